The van der Waals surface area contributed by atoms with Gasteiger partial charge in [0.15, 0.2) is 0 Å². The van der Waals surface area contributed by atoms with Crippen LogP contribution in [0.1, 0.15) is 52.4 Å². The van der Waals surface area contributed by atoms with Crippen molar-refractivity contribution in [2.24, 2.45) is 0 Å². The van der Waals surface area contributed by atoms with E-state index in [0.29, 0.717) is 0 Å². The van der Waals surface area contributed by atoms with Crippen LogP contribution in [-0.2, 0) is 4.74 Å². The first-order chi connectivity index (χ1) is 6.20. The highest BCUT2D eigenvalue weighted by Gasteiger charge is 2.10. The second-order valence-electron chi connectivity index (χ2n) is 3.24. The molecule has 0 aliphatic rings. The van der Waals surface area contributed by atoms with Crippen LogP contribution in [0.15, 0.2) is 0 Å². The Morgan fingerprint density at radius 3 is 1.62 bits per heavy atom. The molecule has 80 valence electrons. The highest BCUT2D eigenvalue weighted by Crippen LogP contribution is 2.17. The molecule has 0 radical (unpaired) electrons. The predicted molar refractivity (Wildman–Crippen MR) is 59.4 cm³/mol. The number of alkyl halides is 2. The zero-order valence-electron chi connectivity index (χ0n) is 8.56. The van der Waals surface area contributed by atoms with Gasteiger partial charge in [-0.05, 0) is 25.7 Å². The molecule has 0 amide bonds. The SMILES string of the molecule is CCCCC(Cl)OC(Cl)CCCC. The normalized spacial score (nSPS) is 15.7. The van der Waals surface area contributed by atoms with Crippen LogP contribution in [0.3, 0.4) is 0 Å². The fourth-order valence-corrected chi connectivity index (χ4v) is 1.64. The fourth-order valence-electron chi connectivity index (χ4n) is 1.03. The Balaban J connectivity index is 3.35. The van der Waals surface area contributed by atoms with Crippen LogP contribution < -0.4 is 0 Å². The number of hydrogen-bond acceptors (Lipinski definition) is 1. The molecule has 2 atom stereocenters. The maximum atomic E-state index is 5.93. The summed E-state index contributed by atoms with van der Waals surface area (Å²) in [5, 5.41) is 0. The lowest BCUT2D eigenvalue weighted by Crippen LogP contribution is -2.12. The van der Waals surface area contributed by atoms with E-state index in [1.54, 1.807) is 0 Å². The minimum absolute atomic E-state index is 0.209. The fraction of sp³-hybridized carbons (Fsp3) is 1.00. The Hall–Kier alpha value is 0.540. The molecule has 0 saturated heterocycles. The first-order valence-corrected chi connectivity index (χ1v) is 6.01. The highest BCUT2D eigenvalue weighted by molar-refractivity contribution is 6.21. The molecule has 0 aliphatic carbocycles. The van der Waals surface area contributed by atoms with Crippen molar-refractivity contribution in [2.75, 3.05) is 0 Å². The first kappa shape index (κ1) is 13.5. The van der Waals surface area contributed by atoms with Crippen LogP contribution in [0, 0.1) is 0 Å². The lowest BCUT2D eigenvalue weighted by molar-refractivity contribution is 0.0697. The number of halogens is 2. The highest BCUT2D eigenvalue weighted by atomic mass is 35.5. The Labute approximate surface area is 91.7 Å². The third-order valence-electron chi connectivity index (χ3n) is 1.86. The summed E-state index contributed by atoms with van der Waals surface area (Å²) >= 11 is 11.9. The molecule has 0 N–H and O–H groups in total. The summed E-state index contributed by atoms with van der Waals surface area (Å²) < 4.78 is 5.39. The van der Waals surface area contributed by atoms with E-state index in [9.17, 15) is 0 Å². The lowest BCUT2D eigenvalue weighted by Gasteiger charge is -2.15. The summed E-state index contributed by atoms with van der Waals surface area (Å²) in [5.74, 6) is 0. The smallest absolute Gasteiger partial charge is 0.133 e. The van der Waals surface area contributed by atoms with Crippen molar-refractivity contribution < 1.29 is 4.74 Å². The van der Waals surface area contributed by atoms with Gasteiger partial charge in [0.2, 0.25) is 0 Å². The average Bonchev–Trinajstić information content (AvgIpc) is 2.11. The van der Waals surface area contributed by atoms with Crippen LogP contribution in [0.2, 0.25) is 0 Å². The molecule has 2 unspecified atom stereocenters. The number of hydrogen-bond donors (Lipinski definition) is 0. The van der Waals surface area contributed by atoms with E-state index >= 15 is 0 Å². The molecule has 0 aromatic carbocycles. The molecule has 0 rings (SSSR count). The molecule has 0 fully saturated rings. The van der Waals surface area contributed by atoms with Crippen molar-refractivity contribution in [3.8, 4) is 0 Å². The van der Waals surface area contributed by atoms with Gasteiger partial charge in [-0.15, -0.1) is 0 Å². The standard InChI is InChI=1S/C10H20Cl2O/c1-3-5-7-9(11)13-10(12)8-6-4-2/h9-10H,3-8H2,1-2H3. The second kappa shape index (κ2) is 9.11. The topological polar surface area (TPSA) is 9.23 Å². The first-order valence-electron chi connectivity index (χ1n) is 5.14. The van der Waals surface area contributed by atoms with Crippen LogP contribution in [-0.4, -0.2) is 11.1 Å². The van der Waals surface area contributed by atoms with E-state index in [1.165, 1.54) is 0 Å². The number of ether oxygens (including phenoxy) is 1. The van der Waals surface area contributed by atoms with Gasteiger partial charge in [-0.1, -0.05) is 49.9 Å². The summed E-state index contributed by atoms with van der Waals surface area (Å²) in [4.78, 5) is 0. The molecular formula is C10H20Cl2O. The van der Waals surface area contributed by atoms with Gasteiger partial charge >= 0.3 is 0 Å². The largest absolute Gasteiger partial charge is 0.344 e. The van der Waals surface area contributed by atoms with Gasteiger partial charge < -0.3 is 4.74 Å². The molecule has 1 nitrogen and oxygen atoms in total. The third kappa shape index (κ3) is 8.86. The Morgan fingerprint density at radius 1 is 0.923 bits per heavy atom. The Bertz CT molecular complexity index is 97.1. The van der Waals surface area contributed by atoms with E-state index in [2.05, 4.69) is 13.8 Å². The quantitative estimate of drug-likeness (QED) is 0.554. The van der Waals surface area contributed by atoms with Gasteiger partial charge in [-0.3, -0.25) is 0 Å². The summed E-state index contributed by atoms with van der Waals surface area (Å²) in [6.45, 7) is 4.28. The van der Waals surface area contributed by atoms with E-state index in [1.807, 2.05) is 0 Å². The maximum absolute atomic E-state index is 5.93. The van der Waals surface area contributed by atoms with Gasteiger partial charge in [0.25, 0.3) is 0 Å². The number of rotatable bonds is 8. The summed E-state index contributed by atoms with van der Waals surface area (Å²) in [6.07, 6.45) is 6.29. The molecule has 0 saturated carbocycles. The van der Waals surface area contributed by atoms with Crippen molar-refractivity contribution in [1.29, 1.82) is 0 Å². The van der Waals surface area contributed by atoms with Gasteiger partial charge in [0.1, 0.15) is 11.1 Å². The van der Waals surface area contributed by atoms with Crippen molar-refractivity contribution in [3.05, 3.63) is 0 Å². The molecule has 0 heterocycles. The van der Waals surface area contributed by atoms with Crippen molar-refractivity contribution >= 4 is 23.2 Å². The Kier molecular flexibility index (Phi) is 9.49. The monoisotopic (exact) mass is 226 g/mol. The molecule has 3 heteroatoms. The maximum Gasteiger partial charge on any atom is 0.133 e. The minimum atomic E-state index is -0.209. The average molecular weight is 227 g/mol. The lowest BCUT2D eigenvalue weighted by atomic mass is 10.2. The van der Waals surface area contributed by atoms with E-state index in [4.69, 9.17) is 27.9 Å². The summed E-state index contributed by atoms with van der Waals surface area (Å²) in [6, 6.07) is 0. The van der Waals surface area contributed by atoms with Crippen LogP contribution in [0.5, 0.6) is 0 Å². The molecule has 0 spiro atoms. The molecule has 13 heavy (non-hydrogen) atoms. The summed E-state index contributed by atoms with van der Waals surface area (Å²) in [5.41, 5.74) is -0.418. The van der Waals surface area contributed by atoms with Gasteiger partial charge in [-0.2, -0.15) is 0 Å². The predicted octanol–water partition coefficient (Wildman–Crippen LogP) is 4.51. The second-order valence-corrected chi connectivity index (χ2v) is 4.21. The van der Waals surface area contributed by atoms with Crippen LogP contribution >= 0.6 is 23.2 Å². The van der Waals surface area contributed by atoms with Crippen LogP contribution in [0.25, 0.3) is 0 Å². The van der Waals surface area contributed by atoms with Gasteiger partial charge in [-0.25, -0.2) is 0 Å². The molecule has 0 bridgehead atoms. The minimum Gasteiger partial charge on any atom is -0.344 e. The van der Waals surface area contributed by atoms with Gasteiger partial charge in [0.05, 0.1) is 0 Å². The number of unbranched alkanes of at least 4 members (excludes halogenated alkanes) is 2. The Morgan fingerprint density at radius 2 is 1.31 bits per heavy atom. The van der Waals surface area contributed by atoms with Crippen LogP contribution in [0.4, 0.5) is 0 Å². The zero-order valence-corrected chi connectivity index (χ0v) is 10.1. The molecule has 0 aromatic heterocycles. The zero-order chi connectivity index (χ0) is 10.1. The molecule has 0 aromatic rings. The molecule has 0 aliphatic heterocycles. The molecular weight excluding hydrogens is 207 g/mol. The van der Waals surface area contributed by atoms with E-state index in [-0.39, 0.29) is 11.1 Å². The van der Waals surface area contributed by atoms with E-state index < -0.39 is 0 Å². The third-order valence-corrected chi connectivity index (χ3v) is 2.51. The van der Waals surface area contributed by atoms with Crippen molar-refractivity contribution in [1.82, 2.24) is 0 Å². The van der Waals surface area contributed by atoms with Crippen molar-refractivity contribution in [2.45, 2.75) is 63.5 Å². The van der Waals surface area contributed by atoms with E-state index in [0.717, 1.165) is 38.5 Å². The van der Waals surface area contributed by atoms with Gasteiger partial charge in [0, 0.05) is 0 Å². The van der Waals surface area contributed by atoms with Crippen molar-refractivity contribution in [3.63, 3.8) is 0 Å². The summed E-state index contributed by atoms with van der Waals surface area (Å²) in [7, 11) is 0.